The number of benzene rings is 1. The molecule has 124 valence electrons. The van der Waals surface area contributed by atoms with E-state index in [0.29, 0.717) is 30.4 Å². The van der Waals surface area contributed by atoms with Gasteiger partial charge in [-0.1, -0.05) is 31.5 Å². The first kappa shape index (κ1) is 18.8. The second-order valence-corrected chi connectivity index (χ2v) is 6.67. The Morgan fingerprint density at radius 1 is 1.32 bits per heavy atom. The Hall–Kier alpha value is -1.26. The summed E-state index contributed by atoms with van der Waals surface area (Å²) in [5.41, 5.74) is 6.32. The van der Waals surface area contributed by atoms with Crippen LogP contribution in [0.3, 0.4) is 0 Å². The van der Waals surface area contributed by atoms with Gasteiger partial charge in [0.15, 0.2) is 0 Å². The van der Waals surface area contributed by atoms with Crippen molar-refractivity contribution in [1.82, 2.24) is 0 Å². The summed E-state index contributed by atoms with van der Waals surface area (Å²) >= 11 is 6.15. The Kier molecular flexibility index (Phi) is 7.69. The number of ether oxygens (including phenoxy) is 2. The summed E-state index contributed by atoms with van der Waals surface area (Å²) in [5.74, 6) is 0.436. The maximum atomic E-state index is 11.1. The van der Waals surface area contributed by atoms with Gasteiger partial charge in [0, 0.05) is 26.6 Å². The predicted octanol–water partition coefficient (Wildman–Crippen LogP) is 3.59. The number of nitrogens with two attached hydrogens (primary N) is 1. The average molecular weight is 328 g/mol. The normalized spacial score (nSPS) is 11.5. The van der Waals surface area contributed by atoms with E-state index in [1.165, 1.54) is 0 Å². The zero-order valence-electron chi connectivity index (χ0n) is 13.7. The van der Waals surface area contributed by atoms with Crippen molar-refractivity contribution in [2.75, 3.05) is 20.3 Å². The van der Waals surface area contributed by atoms with E-state index in [4.69, 9.17) is 26.8 Å². The lowest BCUT2D eigenvalue weighted by Gasteiger charge is -2.22. The van der Waals surface area contributed by atoms with Crippen molar-refractivity contribution in [2.45, 2.75) is 39.5 Å². The van der Waals surface area contributed by atoms with Gasteiger partial charge in [-0.25, -0.2) is 0 Å². The summed E-state index contributed by atoms with van der Waals surface area (Å²) in [6.07, 6.45) is 2.94. The highest BCUT2D eigenvalue weighted by Crippen LogP contribution is 2.30. The van der Waals surface area contributed by atoms with Gasteiger partial charge in [-0.3, -0.25) is 4.79 Å². The maximum absolute atomic E-state index is 11.1. The highest BCUT2D eigenvalue weighted by atomic mass is 35.5. The topological polar surface area (TPSA) is 61.6 Å². The third-order valence-corrected chi connectivity index (χ3v) is 3.80. The minimum atomic E-state index is -0.261. The fraction of sp³-hybridized carbons (Fsp3) is 0.588. The van der Waals surface area contributed by atoms with Crippen LogP contribution in [0, 0.1) is 5.41 Å². The maximum Gasteiger partial charge on any atom is 0.217 e. The van der Waals surface area contributed by atoms with Gasteiger partial charge in [0.2, 0.25) is 5.91 Å². The molecule has 0 aromatic heterocycles. The van der Waals surface area contributed by atoms with Gasteiger partial charge in [-0.15, -0.1) is 0 Å². The molecule has 0 saturated carbocycles. The molecule has 1 aromatic carbocycles. The van der Waals surface area contributed by atoms with Crippen LogP contribution in [-0.2, 0) is 16.0 Å². The summed E-state index contributed by atoms with van der Waals surface area (Å²) < 4.78 is 10.7. The van der Waals surface area contributed by atoms with E-state index in [9.17, 15) is 4.79 Å². The Bertz CT molecular complexity index is 489. The Morgan fingerprint density at radius 2 is 2.05 bits per heavy atom. The minimum Gasteiger partial charge on any atom is -0.492 e. The lowest BCUT2D eigenvalue weighted by molar-refractivity contribution is -0.119. The first-order valence-corrected chi connectivity index (χ1v) is 7.90. The molecule has 4 nitrogen and oxygen atoms in total. The average Bonchev–Trinajstić information content (AvgIpc) is 2.42. The third-order valence-electron chi connectivity index (χ3n) is 3.49. The minimum absolute atomic E-state index is 0.106. The third kappa shape index (κ3) is 7.14. The van der Waals surface area contributed by atoms with Crippen LogP contribution in [0.25, 0.3) is 0 Å². The fourth-order valence-electron chi connectivity index (χ4n) is 2.24. The van der Waals surface area contributed by atoms with Crippen molar-refractivity contribution < 1.29 is 14.3 Å². The number of primary amides is 1. The highest BCUT2D eigenvalue weighted by molar-refractivity contribution is 6.32. The van der Waals surface area contributed by atoms with Gasteiger partial charge in [-0.05, 0) is 36.0 Å². The number of carbonyl (C=O) groups is 1. The zero-order valence-corrected chi connectivity index (χ0v) is 14.4. The van der Waals surface area contributed by atoms with Gasteiger partial charge in [0.25, 0.3) is 0 Å². The number of hydrogen-bond acceptors (Lipinski definition) is 3. The molecule has 0 saturated heterocycles. The van der Waals surface area contributed by atoms with E-state index in [0.717, 1.165) is 24.8 Å². The molecule has 1 rings (SSSR count). The van der Waals surface area contributed by atoms with Crippen LogP contribution >= 0.6 is 11.6 Å². The van der Waals surface area contributed by atoms with E-state index < -0.39 is 0 Å². The molecule has 0 radical (unpaired) electrons. The number of halogens is 1. The molecule has 0 spiro atoms. The van der Waals surface area contributed by atoms with Gasteiger partial charge in [0.05, 0.1) is 11.6 Å². The van der Waals surface area contributed by atoms with E-state index in [-0.39, 0.29) is 11.3 Å². The molecular weight excluding hydrogens is 302 g/mol. The molecule has 0 unspecified atom stereocenters. The fourth-order valence-corrected chi connectivity index (χ4v) is 2.41. The molecule has 0 heterocycles. The summed E-state index contributed by atoms with van der Waals surface area (Å²) in [4.78, 5) is 11.1. The summed E-state index contributed by atoms with van der Waals surface area (Å²) in [6.45, 7) is 5.34. The van der Waals surface area contributed by atoms with Gasteiger partial charge in [-0.2, -0.15) is 0 Å². The van der Waals surface area contributed by atoms with Crippen LogP contribution in [0.5, 0.6) is 5.75 Å². The standard InChI is InChI=1S/C17H26ClNO3/c1-17(2,12-16(19)20)8-7-13-5-6-14(18)15(11-13)22-10-4-9-21-3/h5-6,11H,4,7-10,12H2,1-3H3,(H2,19,20). The van der Waals surface area contributed by atoms with Crippen molar-refractivity contribution in [3.8, 4) is 5.75 Å². The molecule has 0 bridgehead atoms. The molecule has 5 heteroatoms. The van der Waals surface area contributed by atoms with Crippen molar-refractivity contribution >= 4 is 17.5 Å². The van der Waals surface area contributed by atoms with Gasteiger partial charge >= 0.3 is 0 Å². The number of amides is 1. The molecule has 2 N–H and O–H groups in total. The Morgan fingerprint density at radius 3 is 2.68 bits per heavy atom. The van der Waals surface area contributed by atoms with Crippen molar-refractivity contribution in [1.29, 1.82) is 0 Å². The van der Waals surface area contributed by atoms with Crippen molar-refractivity contribution in [3.63, 3.8) is 0 Å². The summed E-state index contributed by atoms with van der Waals surface area (Å²) in [7, 11) is 1.67. The van der Waals surface area contributed by atoms with Crippen LogP contribution < -0.4 is 10.5 Å². The van der Waals surface area contributed by atoms with E-state index >= 15 is 0 Å². The van der Waals surface area contributed by atoms with Gasteiger partial charge < -0.3 is 15.2 Å². The number of carbonyl (C=O) groups excluding carboxylic acids is 1. The van der Waals surface area contributed by atoms with E-state index in [1.807, 2.05) is 18.2 Å². The molecule has 22 heavy (non-hydrogen) atoms. The molecule has 1 aromatic rings. The molecule has 0 atom stereocenters. The monoisotopic (exact) mass is 327 g/mol. The largest absolute Gasteiger partial charge is 0.492 e. The van der Waals surface area contributed by atoms with Crippen molar-refractivity contribution in [2.24, 2.45) is 11.1 Å². The van der Waals surface area contributed by atoms with E-state index in [2.05, 4.69) is 13.8 Å². The zero-order chi connectivity index (χ0) is 16.6. The SMILES string of the molecule is COCCCOc1cc(CCC(C)(C)CC(N)=O)ccc1Cl. The van der Waals surface area contributed by atoms with Crippen LogP contribution in [0.15, 0.2) is 18.2 Å². The second-order valence-electron chi connectivity index (χ2n) is 6.27. The molecule has 1 amide bonds. The summed E-state index contributed by atoms with van der Waals surface area (Å²) in [6, 6.07) is 5.81. The highest BCUT2D eigenvalue weighted by Gasteiger charge is 2.20. The first-order valence-electron chi connectivity index (χ1n) is 7.52. The number of methoxy groups -OCH3 is 1. The molecule has 0 aliphatic carbocycles. The lowest BCUT2D eigenvalue weighted by Crippen LogP contribution is -2.23. The van der Waals surface area contributed by atoms with Crippen LogP contribution in [0.2, 0.25) is 5.02 Å². The Labute approximate surface area is 137 Å². The Balaban J connectivity index is 2.59. The van der Waals surface area contributed by atoms with E-state index in [1.54, 1.807) is 7.11 Å². The molecule has 0 aliphatic rings. The smallest absolute Gasteiger partial charge is 0.217 e. The molecular formula is C17H26ClNO3. The van der Waals surface area contributed by atoms with Crippen LogP contribution in [0.1, 0.15) is 38.7 Å². The van der Waals surface area contributed by atoms with Crippen LogP contribution in [-0.4, -0.2) is 26.2 Å². The number of rotatable bonds is 10. The molecule has 0 fully saturated rings. The first-order chi connectivity index (χ1) is 10.3. The second kappa shape index (κ2) is 9.01. The quantitative estimate of drug-likeness (QED) is 0.668. The van der Waals surface area contributed by atoms with Gasteiger partial charge in [0.1, 0.15) is 5.75 Å². The number of hydrogen-bond donors (Lipinski definition) is 1. The predicted molar refractivity (Wildman–Crippen MR) is 89.4 cm³/mol. The summed E-state index contributed by atoms with van der Waals surface area (Å²) in [5, 5.41) is 0.609. The van der Waals surface area contributed by atoms with Crippen LogP contribution in [0.4, 0.5) is 0 Å². The van der Waals surface area contributed by atoms with Crippen molar-refractivity contribution in [3.05, 3.63) is 28.8 Å². The number of aryl methyl sites for hydroxylation is 1. The molecule has 0 aliphatic heterocycles. The lowest BCUT2D eigenvalue weighted by atomic mass is 9.83.